The molecular weight excluding hydrogens is 342 g/mol. The second-order valence-electron chi connectivity index (χ2n) is 6.88. The largest absolute Gasteiger partial charge is 0.462 e. The predicted molar refractivity (Wildman–Crippen MR) is 104 cm³/mol. The lowest BCUT2D eigenvalue weighted by atomic mass is 10.00. The normalized spacial score (nSPS) is 16.7. The van der Waals surface area contributed by atoms with E-state index in [1.54, 1.807) is 43.6 Å². The van der Waals surface area contributed by atoms with Crippen LogP contribution in [-0.4, -0.2) is 41.5 Å². The molecule has 1 amide bonds. The smallest absolute Gasteiger partial charge is 0.338 e. The van der Waals surface area contributed by atoms with Crippen molar-refractivity contribution in [2.24, 2.45) is 5.92 Å². The van der Waals surface area contributed by atoms with E-state index in [0.29, 0.717) is 23.7 Å². The van der Waals surface area contributed by atoms with E-state index >= 15 is 0 Å². The third kappa shape index (κ3) is 4.84. The summed E-state index contributed by atoms with van der Waals surface area (Å²) < 4.78 is 4.98. The molecule has 27 heavy (non-hydrogen) atoms. The van der Waals surface area contributed by atoms with Gasteiger partial charge >= 0.3 is 5.97 Å². The molecule has 1 fully saturated rings. The first-order valence-corrected chi connectivity index (χ1v) is 9.35. The number of ether oxygens (including phenoxy) is 1. The number of rotatable bonds is 5. The molecule has 1 aromatic carbocycles. The highest BCUT2D eigenvalue weighted by molar-refractivity contribution is 5.95. The van der Waals surface area contributed by atoms with Gasteiger partial charge in [0.1, 0.15) is 0 Å². The van der Waals surface area contributed by atoms with Gasteiger partial charge in [0.25, 0.3) is 5.91 Å². The highest BCUT2D eigenvalue weighted by Gasteiger charge is 2.22. The predicted octanol–water partition coefficient (Wildman–Crippen LogP) is 3.87. The summed E-state index contributed by atoms with van der Waals surface area (Å²) in [7, 11) is 0. The molecule has 0 aliphatic carbocycles. The minimum absolute atomic E-state index is 0.0235. The van der Waals surface area contributed by atoms with Crippen molar-refractivity contribution in [3.63, 3.8) is 0 Å². The van der Waals surface area contributed by atoms with Crippen molar-refractivity contribution >= 4 is 23.3 Å². The maximum Gasteiger partial charge on any atom is 0.338 e. The molecule has 1 saturated heterocycles. The Balaban J connectivity index is 1.68. The first-order valence-electron chi connectivity index (χ1n) is 9.35. The van der Waals surface area contributed by atoms with Gasteiger partial charge in [0, 0.05) is 25.0 Å². The summed E-state index contributed by atoms with van der Waals surface area (Å²) in [4.78, 5) is 30.6. The van der Waals surface area contributed by atoms with E-state index in [1.165, 1.54) is 6.42 Å². The Bertz CT molecular complexity index is 805. The molecule has 1 N–H and O–H groups in total. The lowest BCUT2D eigenvalue weighted by molar-refractivity contribution is 0.0526. The third-order valence-corrected chi connectivity index (χ3v) is 4.61. The van der Waals surface area contributed by atoms with Gasteiger partial charge in [-0.2, -0.15) is 0 Å². The molecule has 2 aromatic rings. The molecule has 0 bridgehead atoms. The molecule has 0 radical (unpaired) electrons. The van der Waals surface area contributed by atoms with Gasteiger partial charge in [0.05, 0.1) is 29.6 Å². The maximum absolute atomic E-state index is 12.7. The first-order chi connectivity index (χ1) is 13.1. The lowest BCUT2D eigenvalue weighted by Gasteiger charge is -2.31. The Labute approximate surface area is 159 Å². The number of hydrogen-bond acceptors (Lipinski definition) is 5. The topological polar surface area (TPSA) is 71.5 Å². The van der Waals surface area contributed by atoms with Gasteiger partial charge in [0.2, 0.25) is 0 Å². The summed E-state index contributed by atoms with van der Waals surface area (Å²) in [5.41, 5.74) is 2.62. The summed E-state index contributed by atoms with van der Waals surface area (Å²) in [5.74, 6) is 0.222. The van der Waals surface area contributed by atoms with Crippen LogP contribution in [0.3, 0.4) is 0 Å². The van der Waals surface area contributed by atoms with Crippen LogP contribution in [0.25, 0.3) is 0 Å². The Morgan fingerprint density at radius 1 is 1.19 bits per heavy atom. The molecule has 1 aromatic heterocycles. The van der Waals surface area contributed by atoms with Crippen molar-refractivity contribution in [1.82, 2.24) is 9.88 Å². The van der Waals surface area contributed by atoms with Crippen LogP contribution in [-0.2, 0) is 4.74 Å². The summed E-state index contributed by atoms with van der Waals surface area (Å²) in [6.45, 7) is 5.90. The van der Waals surface area contributed by atoms with E-state index < -0.39 is 0 Å². The SMILES string of the molecule is CCOC(=O)c1ccc(Nc2cncc(C(=O)N3CCCC(C)C3)c2)cc1. The molecule has 3 rings (SSSR count). The maximum atomic E-state index is 12.7. The lowest BCUT2D eigenvalue weighted by Crippen LogP contribution is -2.39. The molecule has 6 nitrogen and oxygen atoms in total. The Hall–Kier alpha value is -2.89. The highest BCUT2D eigenvalue weighted by atomic mass is 16.5. The fourth-order valence-corrected chi connectivity index (χ4v) is 3.25. The fourth-order valence-electron chi connectivity index (χ4n) is 3.25. The Kier molecular flexibility index (Phi) is 6.06. The van der Waals surface area contributed by atoms with Crippen LogP contribution in [0.4, 0.5) is 11.4 Å². The Morgan fingerprint density at radius 3 is 2.67 bits per heavy atom. The summed E-state index contributed by atoms with van der Waals surface area (Å²) in [5, 5.41) is 3.22. The van der Waals surface area contributed by atoms with Gasteiger partial charge in [0.15, 0.2) is 0 Å². The van der Waals surface area contributed by atoms with E-state index in [0.717, 1.165) is 30.9 Å². The van der Waals surface area contributed by atoms with E-state index in [-0.39, 0.29) is 11.9 Å². The van der Waals surface area contributed by atoms with Crippen LogP contribution in [0.15, 0.2) is 42.7 Å². The van der Waals surface area contributed by atoms with Crippen LogP contribution >= 0.6 is 0 Å². The number of piperidine rings is 1. The molecular formula is C21H25N3O3. The summed E-state index contributed by atoms with van der Waals surface area (Å²) >= 11 is 0. The van der Waals surface area contributed by atoms with Crippen molar-refractivity contribution in [3.05, 3.63) is 53.9 Å². The number of anilines is 2. The van der Waals surface area contributed by atoms with Crippen LogP contribution in [0.5, 0.6) is 0 Å². The minimum Gasteiger partial charge on any atom is -0.462 e. The van der Waals surface area contributed by atoms with Crippen molar-refractivity contribution in [2.75, 3.05) is 25.0 Å². The van der Waals surface area contributed by atoms with Crippen molar-refractivity contribution in [2.45, 2.75) is 26.7 Å². The number of nitrogens with one attached hydrogen (secondary N) is 1. The fraction of sp³-hybridized carbons (Fsp3) is 0.381. The first kappa shape index (κ1) is 18.9. The van der Waals surface area contributed by atoms with Gasteiger partial charge in [-0.25, -0.2) is 4.79 Å². The number of amides is 1. The number of pyridine rings is 1. The van der Waals surface area contributed by atoms with Crippen LogP contribution in [0.2, 0.25) is 0 Å². The Morgan fingerprint density at radius 2 is 1.96 bits per heavy atom. The number of benzene rings is 1. The average Bonchev–Trinajstić information content (AvgIpc) is 2.68. The molecule has 2 heterocycles. The standard InChI is InChI=1S/C21H25N3O3/c1-3-27-21(26)16-6-8-18(9-7-16)23-19-11-17(12-22-13-19)20(25)24-10-4-5-15(2)14-24/h6-9,11-13,15,23H,3-5,10,14H2,1-2H3. The molecule has 1 atom stereocenters. The second-order valence-corrected chi connectivity index (χ2v) is 6.88. The number of esters is 1. The second kappa shape index (κ2) is 8.66. The number of aromatic nitrogens is 1. The van der Waals surface area contributed by atoms with Crippen LogP contribution in [0, 0.1) is 5.92 Å². The monoisotopic (exact) mass is 367 g/mol. The van der Waals surface area contributed by atoms with Crippen molar-refractivity contribution in [3.8, 4) is 0 Å². The number of likely N-dealkylation sites (tertiary alicyclic amines) is 1. The van der Waals surface area contributed by atoms with Crippen LogP contribution < -0.4 is 5.32 Å². The molecule has 0 saturated carbocycles. The van der Waals surface area contributed by atoms with E-state index in [9.17, 15) is 9.59 Å². The van der Waals surface area contributed by atoms with E-state index in [2.05, 4.69) is 17.2 Å². The summed E-state index contributed by atoms with van der Waals surface area (Å²) in [6, 6.07) is 8.82. The number of carbonyl (C=O) groups is 2. The molecule has 0 spiro atoms. The van der Waals surface area contributed by atoms with Gasteiger partial charge in [-0.15, -0.1) is 0 Å². The van der Waals surface area contributed by atoms with Crippen molar-refractivity contribution in [1.29, 1.82) is 0 Å². The van der Waals surface area contributed by atoms with Crippen molar-refractivity contribution < 1.29 is 14.3 Å². The number of carbonyl (C=O) groups excluding carboxylic acids is 2. The molecule has 1 aliphatic heterocycles. The van der Waals surface area contributed by atoms with E-state index in [4.69, 9.17) is 4.74 Å². The molecule has 6 heteroatoms. The van der Waals surface area contributed by atoms with Gasteiger partial charge in [-0.3, -0.25) is 9.78 Å². The quantitative estimate of drug-likeness (QED) is 0.812. The molecule has 142 valence electrons. The van der Waals surface area contributed by atoms with Crippen LogP contribution in [0.1, 0.15) is 47.4 Å². The van der Waals surface area contributed by atoms with E-state index in [1.807, 2.05) is 11.0 Å². The van der Waals surface area contributed by atoms with Gasteiger partial charge in [-0.05, 0) is 56.0 Å². The summed E-state index contributed by atoms with van der Waals surface area (Å²) in [6.07, 6.45) is 5.50. The minimum atomic E-state index is -0.339. The molecule has 1 unspecified atom stereocenters. The number of nitrogens with zero attached hydrogens (tertiary/aromatic N) is 2. The number of hydrogen-bond donors (Lipinski definition) is 1. The average molecular weight is 367 g/mol. The zero-order chi connectivity index (χ0) is 19.2. The third-order valence-electron chi connectivity index (χ3n) is 4.61. The zero-order valence-corrected chi connectivity index (χ0v) is 15.8. The zero-order valence-electron chi connectivity index (χ0n) is 15.8. The van der Waals surface area contributed by atoms with Gasteiger partial charge in [-0.1, -0.05) is 6.92 Å². The molecule has 1 aliphatic rings. The van der Waals surface area contributed by atoms with Gasteiger partial charge < -0.3 is 15.0 Å². The highest BCUT2D eigenvalue weighted by Crippen LogP contribution is 2.21.